The number of anilines is 1. The van der Waals surface area contributed by atoms with Crippen molar-refractivity contribution in [2.24, 2.45) is 0 Å². The summed E-state index contributed by atoms with van der Waals surface area (Å²) >= 11 is 13.6. The molecule has 0 saturated heterocycles. The van der Waals surface area contributed by atoms with Crippen LogP contribution in [0.25, 0.3) is 5.57 Å². The highest BCUT2D eigenvalue weighted by atomic mass is 35.5. The van der Waals surface area contributed by atoms with E-state index in [1.165, 1.54) is 17.8 Å². The Morgan fingerprint density at radius 1 is 1.00 bits per heavy atom. The van der Waals surface area contributed by atoms with E-state index in [-0.39, 0.29) is 11.8 Å². The lowest BCUT2D eigenvalue weighted by Gasteiger charge is -2.17. The van der Waals surface area contributed by atoms with Gasteiger partial charge in [0.05, 0.1) is 21.2 Å². The molecular weight excluding hydrogens is 377 g/mol. The Hall–Kier alpha value is -1.75. The molecule has 2 aromatic rings. The number of amides is 2. The van der Waals surface area contributed by atoms with Gasteiger partial charge in [0, 0.05) is 5.02 Å². The second-order valence-corrected chi connectivity index (χ2v) is 7.66. The number of aryl methyl sites for hydroxylation is 1. The number of carbonyl (C=O) groups excluding carboxylic acids is 2. The lowest BCUT2D eigenvalue weighted by Crippen LogP contribution is -2.31. The molecular formula is C19H15Cl2NO2S. The zero-order valence-electron chi connectivity index (χ0n) is 13.7. The molecule has 0 unspecified atom stereocenters. The Morgan fingerprint density at radius 2 is 1.68 bits per heavy atom. The number of thioether (sulfide) groups is 1. The minimum Gasteiger partial charge on any atom is -0.268 e. The number of imide groups is 1. The third kappa shape index (κ3) is 3.34. The molecule has 1 aliphatic heterocycles. The van der Waals surface area contributed by atoms with E-state index in [0.29, 0.717) is 32.0 Å². The van der Waals surface area contributed by atoms with Crippen LogP contribution in [-0.4, -0.2) is 17.6 Å². The zero-order valence-corrected chi connectivity index (χ0v) is 16.0. The maximum atomic E-state index is 13.1. The number of benzene rings is 2. The van der Waals surface area contributed by atoms with Crippen LogP contribution in [0.5, 0.6) is 0 Å². The van der Waals surface area contributed by atoms with Gasteiger partial charge in [-0.25, -0.2) is 4.90 Å². The average molecular weight is 392 g/mol. The number of hydrogen-bond donors (Lipinski definition) is 0. The number of rotatable bonds is 4. The smallest absolute Gasteiger partial charge is 0.268 e. The van der Waals surface area contributed by atoms with E-state index in [1.54, 1.807) is 12.1 Å². The van der Waals surface area contributed by atoms with Crippen molar-refractivity contribution in [1.29, 1.82) is 0 Å². The standard InChI is InChI=1S/C19H15Cl2NO2S/c1-3-25-17-16(12-6-4-11(2)5-7-12)18(23)22(19(17)24)15-10-13(20)8-9-14(15)21/h4-10H,3H2,1-2H3. The molecule has 6 heteroatoms. The van der Waals surface area contributed by atoms with Gasteiger partial charge < -0.3 is 0 Å². The van der Waals surface area contributed by atoms with Crippen molar-refractivity contribution in [1.82, 2.24) is 0 Å². The SMILES string of the molecule is CCSC1=C(c2ccc(C)cc2)C(=O)N(c2cc(Cl)ccc2Cl)C1=O. The van der Waals surface area contributed by atoms with Gasteiger partial charge in [0.2, 0.25) is 0 Å². The molecule has 0 spiro atoms. The molecule has 0 N–H and O–H groups in total. The van der Waals surface area contributed by atoms with Crippen LogP contribution in [0.3, 0.4) is 0 Å². The summed E-state index contributed by atoms with van der Waals surface area (Å²) in [5.74, 6) is -0.0635. The van der Waals surface area contributed by atoms with Crippen LogP contribution in [-0.2, 0) is 9.59 Å². The summed E-state index contributed by atoms with van der Waals surface area (Å²) in [6.45, 7) is 3.91. The van der Waals surface area contributed by atoms with E-state index in [4.69, 9.17) is 23.2 Å². The Labute approximate surface area is 160 Å². The highest BCUT2D eigenvalue weighted by molar-refractivity contribution is 8.04. The molecule has 0 atom stereocenters. The molecule has 25 heavy (non-hydrogen) atoms. The predicted octanol–water partition coefficient (Wildman–Crippen LogP) is 5.34. The van der Waals surface area contributed by atoms with E-state index in [1.807, 2.05) is 38.1 Å². The molecule has 0 radical (unpaired) electrons. The summed E-state index contributed by atoms with van der Waals surface area (Å²) in [4.78, 5) is 27.6. The highest BCUT2D eigenvalue weighted by Crippen LogP contribution is 2.41. The minimum absolute atomic E-state index is 0.303. The van der Waals surface area contributed by atoms with Gasteiger partial charge in [-0.3, -0.25) is 9.59 Å². The number of hydrogen-bond acceptors (Lipinski definition) is 3. The van der Waals surface area contributed by atoms with Gasteiger partial charge in [0.25, 0.3) is 11.8 Å². The molecule has 1 aliphatic rings. The van der Waals surface area contributed by atoms with Gasteiger partial charge in [-0.05, 0) is 36.4 Å². The molecule has 0 bridgehead atoms. The first-order chi connectivity index (χ1) is 11.9. The number of nitrogens with zero attached hydrogens (tertiary/aromatic N) is 1. The van der Waals surface area contributed by atoms with Crippen LogP contribution in [0.1, 0.15) is 18.1 Å². The Kier molecular flexibility index (Phi) is 5.23. The second-order valence-electron chi connectivity index (χ2n) is 5.54. The molecule has 3 rings (SSSR count). The van der Waals surface area contributed by atoms with Crippen molar-refractivity contribution in [3.8, 4) is 0 Å². The molecule has 128 valence electrons. The number of carbonyl (C=O) groups is 2. The Morgan fingerprint density at radius 3 is 2.32 bits per heavy atom. The van der Waals surface area contributed by atoms with Gasteiger partial charge in [-0.15, -0.1) is 11.8 Å². The van der Waals surface area contributed by atoms with Crippen LogP contribution >= 0.6 is 35.0 Å². The van der Waals surface area contributed by atoms with Crippen LogP contribution < -0.4 is 4.90 Å². The Bertz CT molecular complexity index is 891. The van der Waals surface area contributed by atoms with Gasteiger partial charge in [-0.2, -0.15) is 0 Å². The number of halogens is 2. The lowest BCUT2D eigenvalue weighted by atomic mass is 10.0. The largest absolute Gasteiger partial charge is 0.272 e. The van der Waals surface area contributed by atoms with Gasteiger partial charge in [-0.1, -0.05) is 60.0 Å². The zero-order chi connectivity index (χ0) is 18.1. The topological polar surface area (TPSA) is 37.4 Å². The fourth-order valence-corrected chi connectivity index (χ4v) is 3.86. The van der Waals surface area contributed by atoms with E-state index in [2.05, 4.69) is 0 Å². The van der Waals surface area contributed by atoms with Crippen molar-refractivity contribution >= 4 is 58.0 Å². The molecule has 0 aliphatic carbocycles. The van der Waals surface area contributed by atoms with E-state index in [9.17, 15) is 9.59 Å². The van der Waals surface area contributed by atoms with Crippen molar-refractivity contribution < 1.29 is 9.59 Å². The molecule has 2 aromatic carbocycles. The maximum absolute atomic E-state index is 13.1. The summed E-state index contributed by atoms with van der Waals surface area (Å²) < 4.78 is 0. The molecule has 2 amide bonds. The summed E-state index contributed by atoms with van der Waals surface area (Å²) in [5, 5.41) is 0.714. The summed E-state index contributed by atoms with van der Waals surface area (Å²) in [6, 6.07) is 12.3. The fraction of sp³-hybridized carbons (Fsp3) is 0.158. The molecule has 1 heterocycles. The van der Waals surface area contributed by atoms with Crippen LogP contribution in [0, 0.1) is 6.92 Å². The normalized spacial score (nSPS) is 14.6. The lowest BCUT2D eigenvalue weighted by molar-refractivity contribution is -0.119. The van der Waals surface area contributed by atoms with Crippen molar-refractivity contribution in [3.05, 3.63) is 68.5 Å². The fourth-order valence-electron chi connectivity index (χ4n) is 2.64. The first kappa shape index (κ1) is 18.1. The van der Waals surface area contributed by atoms with E-state index < -0.39 is 0 Å². The first-order valence-corrected chi connectivity index (χ1v) is 9.46. The van der Waals surface area contributed by atoms with Crippen LogP contribution in [0.2, 0.25) is 10.0 Å². The highest BCUT2D eigenvalue weighted by Gasteiger charge is 2.40. The van der Waals surface area contributed by atoms with Crippen molar-refractivity contribution in [2.45, 2.75) is 13.8 Å². The van der Waals surface area contributed by atoms with Crippen molar-refractivity contribution in [3.63, 3.8) is 0 Å². The Balaban J connectivity index is 2.13. The molecule has 0 aromatic heterocycles. The van der Waals surface area contributed by atoms with Gasteiger partial charge >= 0.3 is 0 Å². The minimum atomic E-state index is -0.381. The van der Waals surface area contributed by atoms with Gasteiger partial charge in [0.15, 0.2) is 0 Å². The third-order valence-corrected chi connectivity index (χ3v) is 5.33. The van der Waals surface area contributed by atoms with E-state index >= 15 is 0 Å². The summed E-state index contributed by atoms with van der Waals surface area (Å²) in [6.07, 6.45) is 0. The van der Waals surface area contributed by atoms with E-state index in [0.717, 1.165) is 16.0 Å². The van der Waals surface area contributed by atoms with Crippen LogP contribution in [0.4, 0.5) is 5.69 Å². The summed E-state index contributed by atoms with van der Waals surface area (Å²) in [5.41, 5.74) is 2.52. The summed E-state index contributed by atoms with van der Waals surface area (Å²) in [7, 11) is 0. The third-order valence-electron chi connectivity index (χ3n) is 3.82. The molecule has 0 saturated carbocycles. The molecule has 3 nitrogen and oxygen atoms in total. The van der Waals surface area contributed by atoms with Crippen LogP contribution in [0.15, 0.2) is 47.4 Å². The maximum Gasteiger partial charge on any atom is 0.272 e. The predicted molar refractivity (Wildman–Crippen MR) is 105 cm³/mol. The average Bonchev–Trinajstić information content (AvgIpc) is 2.82. The monoisotopic (exact) mass is 391 g/mol. The van der Waals surface area contributed by atoms with Gasteiger partial charge in [0.1, 0.15) is 0 Å². The first-order valence-electron chi connectivity index (χ1n) is 7.72. The second kappa shape index (κ2) is 7.24. The molecule has 0 fully saturated rings. The van der Waals surface area contributed by atoms with Crippen molar-refractivity contribution in [2.75, 3.05) is 10.7 Å². The quantitative estimate of drug-likeness (QED) is 0.660.